The summed E-state index contributed by atoms with van der Waals surface area (Å²) in [5.41, 5.74) is 2.53. The lowest BCUT2D eigenvalue weighted by molar-refractivity contribution is 0.573. The van der Waals surface area contributed by atoms with E-state index in [0.29, 0.717) is 5.95 Å². The first-order valence-electron chi connectivity index (χ1n) is 7.69. The molecule has 110 valence electrons. The van der Waals surface area contributed by atoms with E-state index in [9.17, 15) is 0 Å². The monoisotopic (exact) mass is 282 g/mol. The van der Waals surface area contributed by atoms with Crippen molar-refractivity contribution in [3.05, 3.63) is 47.7 Å². The van der Waals surface area contributed by atoms with Crippen molar-refractivity contribution >= 4 is 11.8 Å². The summed E-state index contributed by atoms with van der Waals surface area (Å²) in [5, 5.41) is 3.32. The lowest BCUT2D eigenvalue weighted by Crippen LogP contribution is -2.30. The van der Waals surface area contributed by atoms with Gasteiger partial charge in [0.2, 0.25) is 5.95 Å². The van der Waals surface area contributed by atoms with Gasteiger partial charge in [-0.15, -0.1) is 0 Å². The predicted molar refractivity (Wildman–Crippen MR) is 86.6 cm³/mol. The minimum Gasteiger partial charge on any atom is -0.356 e. The lowest BCUT2D eigenvalue weighted by Gasteiger charge is -2.27. The molecule has 0 radical (unpaired) electrons. The van der Waals surface area contributed by atoms with Crippen molar-refractivity contribution in [1.29, 1.82) is 0 Å². The van der Waals surface area contributed by atoms with Gasteiger partial charge < -0.3 is 10.2 Å². The zero-order valence-electron chi connectivity index (χ0n) is 12.5. The van der Waals surface area contributed by atoms with Crippen molar-refractivity contribution in [2.45, 2.75) is 32.7 Å². The van der Waals surface area contributed by atoms with E-state index in [4.69, 9.17) is 0 Å². The van der Waals surface area contributed by atoms with Gasteiger partial charge in [0.15, 0.2) is 0 Å². The molecule has 0 atom stereocenters. The highest BCUT2D eigenvalue weighted by molar-refractivity contribution is 5.43. The summed E-state index contributed by atoms with van der Waals surface area (Å²) in [6.07, 6.45) is 5.70. The third-order valence-electron chi connectivity index (χ3n) is 3.85. The van der Waals surface area contributed by atoms with E-state index in [2.05, 4.69) is 51.4 Å². The van der Waals surface area contributed by atoms with Crippen molar-refractivity contribution in [2.75, 3.05) is 23.3 Å². The SMILES string of the molecule is Cc1cccc(CNc2nccc(N3CCCCC3)n2)c1. The van der Waals surface area contributed by atoms with Gasteiger partial charge in [0.1, 0.15) is 5.82 Å². The highest BCUT2D eigenvalue weighted by atomic mass is 15.2. The number of benzene rings is 1. The van der Waals surface area contributed by atoms with Crippen LogP contribution in [-0.2, 0) is 6.54 Å². The topological polar surface area (TPSA) is 41.1 Å². The molecule has 1 aliphatic rings. The summed E-state index contributed by atoms with van der Waals surface area (Å²) in [6.45, 7) is 5.07. The molecule has 21 heavy (non-hydrogen) atoms. The van der Waals surface area contributed by atoms with Gasteiger partial charge in [-0.1, -0.05) is 29.8 Å². The second-order valence-corrected chi connectivity index (χ2v) is 5.63. The molecule has 4 nitrogen and oxygen atoms in total. The highest BCUT2D eigenvalue weighted by Crippen LogP contribution is 2.18. The van der Waals surface area contributed by atoms with Gasteiger partial charge >= 0.3 is 0 Å². The van der Waals surface area contributed by atoms with Crippen molar-refractivity contribution in [2.24, 2.45) is 0 Å². The molecular formula is C17H22N4. The van der Waals surface area contributed by atoms with Gasteiger partial charge in [-0.05, 0) is 37.8 Å². The molecule has 1 fully saturated rings. The van der Waals surface area contributed by atoms with E-state index in [1.165, 1.54) is 30.4 Å². The molecule has 0 saturated carbocycles. The van der Waals surface area contributed by atoms with Crippen molar-refractivity contribution in [1.82, 2.24) is 9.97 Å². The Bertz CT molecular complexity index is 591. The molecule has 3 rings (SSSR count). The number of piperidine rings is 1. The summed E-state index contributed by atoms with van der Waals surface area (Å²) in [7, 11) is 0. The van der Waals surface area contributed by atoms with Crippen LogP contribution < -0.4 is 10.2 Å². The van der Waals surface area contributed by atoms with Gasteiger partial charge in [-0.25, -0.2) is 4.98 Å². The minimum absolute atomic E-state index is 0.708. The van der Waals surface area contributed by atoms with E-state index in [1.54, 1.807) is 0 Å². The van der Waals surface area contributed by atoms with Crippen LogP contribution >= 0.6 is 0 Å². The minimum atomic E-state index is 0.708. The Kier molecular flexibility index (Phi) is 4.34. The number of hydrogen-bond donors (Lipinski definition) is 1. The van der Waals surface area contributed by atoms with Crippen LogP contribution in [0.3, 0.4) is 0 Å². The number of hydrogen-bond acceptors (Lipinski definition) is 4. The standard InChI is InChI=1S/C17H22N4/c1-14-6-5-7-15(12-14)13-19-17-18-9-8-16(20-17)21-10-3-2-4-11-21/h5-9,12H,2-4,10-11,13H2,1H3,(H,18,19,20). The first-order chi connectivity index (χ1) is 10.3. The molecule has 1 aromatic carbocycles. The predicted octanol–water partition coefficient (Wildman–Crippen LogP) is 3.39. The van der Waals surface area contributed by atoms with Crippen LogP contribution in [-0.4, -0.2) is 23.1 Å². The third kappa shape index (κ3) is 3.72. The number of anilines is 2. The number of rotatable bonds is 4. The van der Waals surface area contributed by atoms with Crippen LogP contribution in [0.25, 0.3) is 0 Å². The Morgan fingerprint density at radius 1 is 1.14 bits per heavy atom. The lowest BCUT2D eigenvalue weighted by atomic mass is 10.1. The highest BCUT2D eigenvalue weighted by Gasteiger charge is 2.12. The Morgan fingerprint density at radius 3 is 2.81 bits per heavy atom. The van der Waals surface area contributed by atoms with Crippen LogP contribution in [0.1, 0.15) is 30.4 Å². The van der Waals surface area contributed by atoms with E-state index in [-0.39, 0.29) is 0 Å². The maximum absolute atomic E-state index is 4.64. The molecule has 0 bridgehead atoms. The number of nitrogens with one attached hydrogen (secondary N) is 1. The van der Waals surface area contributed by atoms with Gasteiger partial charge in [0.25, 0.3) is 0 Å². The Balaban J connectivity index is 1.65. The van der Waals surface area contributed by atoms with Gasteiger partial charge in [-0.3, -0.25) is 0 Å². The van der Waals surface area contributed by atoms with Crippen LogP contribution in [0, 0.1) is 6.92 Å². The Hall–Kier alpha value is -2.10. The third-order valence-corrected chi connectivity index (χ3v) is 3.85. The molecule has 0 aliphatic carbocycles. The normalized spacial score (nSPS) is 15.0. The molecular weight excluding hydrogens is 260 g/mol. The second kappa shape index (κ2) is 6.57. The van der Waals surface area contributed by atoms with E-state index >= 15 is 0 Å². The molecule has 1 saturated heterocycles. The Labute approximate surface area is 126 Å². The molecule has 4 heteroatoms. The fourth-order valence-electron chi connectivity index (χ4n) is 2.74. The van der Waals surface area contributed by atoms with Crippen LogP contribution in [0.2, 0.25) is 0 Å². The zero-order chi connectivity index (χ0) is 14.5. The first-order valence-corrected chi connectivity index (χ1v) is 7.69. The first kappa shape index (κ1) is 13.9. The fourth-order valence-corrected chi connectivity index (χ4v) is 2.74. The summed E-state index contributed by atoms with van der Waals surface area (Å²) < 4.78 is 0. The average Bonchev–Trinajstić information content (AvgIpc) is 2.54. The van der Waals surface area contributed by atoms with Gasteiger partial charge in [0, 0.05) is 25.8 Å². The fraction of sp³-hybridized carbons (Fsp3) is 0.412. The number of aryl methyl sites for hydroxylation is 1. The molecule has 0 amide bonds. The average molecular weight is 282 g/mol. The quantitative estimate of drug-likeness (QED) is 0.933. The van der Waals surface area contributed by atoms with Crippen molar-refractivity contribution < 1.29 is 0 Å². The summed E-state index contributed by atoms with van der Waals surface area (Å²) >= 11 is 0. The molecule has 0 spiro atoms. The number of aromatic nitrogens is 2. The van der Waals surface area contributed by atoms with E-state index in [0.717, 1.165) is 25.5 Å². The molecule has 1 aliphatic heterocycles. The van der Waals surface area contributed by atoms with E-state index in [1.807, 2.05) is 12.3 Å². The number of nitrogens with zero attached hydrogens (tertiary/aromatic N) is 3. The second-order valence-electron chi connectivity index (χ2n) is 5.63. The van der Waals surface area contributed by atoms with Crippen LogP contribution in [0.15, 0.2) is 36.5 Å². The van der Waals surface area contributed by atoms with Crippen molar-refractivity contribution in [3.63, 3.8) is 0 Å². The molecule has 0 unspecified atom stereocenters. The zero-order valence-corrected chi connectivity index (χ0v) is 12.5. The smallest absolute Gasteiger partial charge is 0.224 e. The van der Waals surface area contributed by atoms with Crippen LogP contribution in [0.4, 0.5) is 11.8 Å². The summed E-state index contributed by atoms with van der Waals surface area (Å²) in [4.78, 5) is 11.3. The maximum atomic E-state index is 4.64. The van der Waals surface area contributed by atoms with Crippen LogP contribution in [0.5, 0.6) is 0 Å². The maximum Gasteiger partial charge on any atom is 0.224 e. The Morgan fingerprint density at radius 2 is 2.00 bits per heavy atom. The molecule has 1 N–H and O–H groups in total. The largest absolute Gasteiger partial charge is 0.356 e. The summed E-state index contributed by atoms with van der Waals surface area (Å²) in [6, 6.07) is 10.5. The van der Waals surface area contributed by atoms with Crippen molar-refractivity contribution in [3.8, 4) is 0 Å². The van der Waals surface area contributed by atoms with E-state index < -0.39 is 0 Å². The summed E-state index contributed by atoms with van der Waals surface area (Å²) in [5.74, 6) is 1.75. The molecule has 2 aromatic rings. The van der Waals surface area contributed by atoms with Gasteiger partial charge in [-0.2, -0.15) is 4.98 Å². The van der Waals surface area contributed by atoms with Gasteiger partial charge in [0.05, 0.1) is 0 Å². The molecule has 1 aromatic heterocycles. The molecule has 2 heterocycles.